The molecule has 0 spiro atoms. The number of hydrogen-bond acceptors (Lipinski definition) is 3. The summed E-state index contributed by atoms with van der Waals surface area (Å²) in [7, 11) is -4.99. The quantitative estimate of drug-likeness (QED) is 0.894. The van der Waals surface area contributed by atoms with Crippen molar-refractivity contribution in [1.29, 1.82) is 0 Å². The Morgan fingerprint density at radius 3 is 2.17 bits per heavy atom. The van der Waals surface area contributed by atoms with Crippen molar-refractivity contribution in [3.63, 3.8) is 0 Å². The van der Waals surface area contributed by atoms with Crippen LogP contribution in [0.3, 0.4) is 0 Å². The number of rotatable bonds is 5. The number of hydrogen-bond donors (Lipinski definition) is 1. The van der Waals surface area contributed by atoms with E-state index in [2.05, 4.69) is 18.6 Å². The maximum atomic E-state index is 12.6. The van der Waals surface area contributed by atoms with Crippen LogP contribution in [-0.2, 0) is 20.8 Å². The molecule has 0 heterocycles. The Balaban J connectivity index is 2.38. The molecule has 0 aromatic heterocycles. The predicted octanol–water partition coefficient (Wildman–Crippen LogP) is 3.66. The van der Waals surface area contributed by atoms with Gasteiger partial charge in [-0.15, -0.1) is 0 Å². The van der Waals surface area contributed by atoms with E-state index in [1.54, 1.807) is 24.3 Å². The molecule has 0 fully saturated rings. The summed E-state index contributed by atoms with van der Waals surface area (Å²) in [5, 5.41) is 0. The summed E-state index contributed by atoms with van der Waals surface area (Å²) in [5.41, 5.74) is 2.33. The van der Waals surface area contributed by atoms with Gasteiger partial charge in [-0.1, -0.05) is 32.0 Å². The molecule has 6 heteroatoms. The van der Waals surface area contributed by atoms with Crippen LogP contribution in [0.25, 0.3) is 0 Å². The second-order valence-corrected chi connectivity index (χ2v) is 8.81. The average molecular weight is 351 g/mol. The minimum atomic E-state index is -3.71. The first kappa shape index (κ1) is 17.7. The van der Waals surface area contributed by atoms with Gasteiger partial charge in [0.25, 0.3) is 10.0 Å². The fraction of sp³-hybridized carbons (Fsp3) is 0.294. The number of aryl methyl sites for hydroxylation is 1. The summed E-state index contributed by atoms with van der Waals surface area (Å²) in [6.45, 7) is 5.96. The summed E-state index contributed by atoms with van der Waals surface area (Å²) < 4.78 is 39.5. The van der Waals surface area contributed by atoms with E-state index >= 15 is 0 Å². The van der Waals surface area contributed by atoms with E-state index in [0.29, 0.717) is 16.5 Å². The van der Waals surface area contributed by atoms with Crippen LogP contribution in [0.1, 0.15) is 30.9 Å². The lowest BCUT2D eigenvalue weighted by Crippen LogP contribution is -2.14. The van der Waals surface area contributed by atoms with E-state index < -0.39 is 20.8 Å². The number of benzene rings is 2. The molecule has 0 aliphatic heterocycles. The van der Waals surface area contributed by atoms with Gasteiger partial charge in [-0.2, -0.15) is 0 Å². The highest BCUT2D eigenvalue weighted by Crippen LogP contribution is 2.25. The molecule has 1 unspecified atom stereocenters. The standard InChI is InChI=1S/C17H21NO3S2/c1-12(2)14-6-8-15(9-7-14)23(20,21)18-16-11-13(3)5-10-17(16)22(4)19/h5-12,18H,1-4H3. The molecule has 2 aromatic rings. The zero-order chi connectivity index (χ0) is 17.2. The molecule has 0 bridgehead atoms. The fourth-order valence-electron chi connectivity index (χ4n) is 2.21. The summed E-state index contributed by atoms with van der Waals surface area (Å²) in [4.78, 5) is 0.661. The van der Waals surface area contributed by atoms with Crippen LogP contribution < -0.4 is 4.72 Å². The van der Waals surface area contributed by atoms with Gasteiger partial charge in [0.15, 0.2) is 0 Å². The zero-order valence-electron chi connectivity index (χ0n) is 13.7. The lowest BCUT2D eigenvalue weighted by Gasteiger charge is -2.13. The van der Waals surface area contributed by atoms with Crippen LogP contribution >= 0.6 is 0 Å². The van der Waals surface area contributed by atoms with E-state index in [1.165, 1.54) is 6.26 Å². The van der Waals surface area contributed by atoms with Crippen molar-refractivity contribution in [1.82, 2.24) is 0 Å². The number of nitrogens with one attached hydrogen (secondary N) is 1. The van der Waals surface area contributed by atoms with Crippen molar-refractivity contribution in [2.24, 2.45) is 0 Å². The molecule has 4 nitrogen and oxygen atoms in total. The van der Waals surface area contributed by atoms with Crippen LogP contribution in [0.5, 0.6) is 0 Å². The number of sulfonamides is 1. The van der Waals surface area contributed by atoms with E-state index in [-0.39, 0.29) is 4.90 Å². The van der Waals surface area contributed by atoms with Crippen molar-refractivity contribution < 1.29 is 12.6 Å². The second-order valence-electron chi connectivity index (χ2n) is 5.78. The highest BCUT2D eigenvalue weighted by atomic mass is 32.2. The highest BCUT2D eigenvalue weighted by molar-refractivity contribution is 7.92. The van der Waals surface area contributed by atoms with Crippen molar-refractivity contribution in [3.05, 3.63) is 53.6 Å². The molecule has 0 aliphatic rings. The monoisotopic (exact) mass is 351 g/mol. The van der Waals surface area contributed by atoms with Gasteiger partial charge >= 0.3 is 0 Å². The highest BCUT2D eigenvalue weighted by Gasteiger charge is 2.17. The minimum absolute atomic E-state index is 0.191. The van der Waals surface area contributed by atoms with E-state index in [0.717, 1.165) is 11.1 Å². The largest absolute Gasteiger partial charge is 0.278 e. The maximum Gasteiger partial charge on any atom is 0.261 e. The molecular weight excluding hydrogens is 330 g/mol. The minimum Gasteiger partial charge on any atom is -0.278 e. The van der Waals surface area contributed by atoms with E-state index in [9.17, 15) is 12.6 Å². The summed E-state index contributed by atoms with van der Waals surface area (Å²) in [6.07, 6.45) is 1.53. The first-order valence-electron chi connectivity index (χ1n) is 7.27. The summed E-state index contributed by atoms with van der Waals surface area (Å²) >= 11 is 0. The molecule has 0 amide bonds. The van der Waals surface area contributed by atoms with Crippen LogP contribution in [0, 0.1) is 6.92 Å². The fourth-order valence-corrected chi connectivity index (χ4v) is 4.02. The third-order valence-electron chi connectivity index (χ3n) is 3.55. The third-order valence-corrected chi connectivity index (χ3v) is 5.90. The number of anilines is 1. The van der Waals surface area contributed by atoms with Gasteiger partial charge in [0.1, 0.15) is 0 Å². The topological polar surface area (TPSA) is 63.2 Å². The first-order chi connectivity index (χ1) is 10.7. The molecule has 2 rings (SSSR count). The Bertz CT molecular complexity index is 825. The molecule has 0 saturated carbocycles. The Hall–Kier alpha value is -1.66. The lowest BCUT2D eigenvalue weighted by atomic mass is 10.0. The summed E-state index contributed by atoms with van der Waals surface area (Å²) in [5.74, 6) is 0.339. The Morgan fingerprint density at radius 1 is 1.04 bits per heavy atom. The first-order valence-corrected chi connectivity index (χ1v) is 10.3. The molecule has 124 valence electrons. The van der Waals surface area contributed by atoms with Crippen molar-refractivity contribution in [2.75, 3.05) is 11.0 Å². The normalized spacial score (nSPS) is 13.1. The second kappa shape index (κ2) is 6.84. The van der Waals surface area contributed by atoms with Crippen LogP contribution in [-0.4, -0.2) is 18.9 Å². The van der Waals surface area contributed by atoms with Crippen LogP contribution in [0.15, 0.2) is 52.3 Å². The van der Waals surface area contributed by atoms with Gasteiger partial charge in [0.05, 0.1) is 26.3 Å². The predicted molar refractivity (Wildman–Crippen MR) is 94.9 cm³/mol. The van der Waals surface area contributed by atoms with Gasteiger partial charge in [0, 0.05) is 6.26 Å². The van der Waals surface area contributed by atoms with E-state index in [4.69, 9.17) is 0 Å². The van der Waals surface area contributed by atoms with Gasteiger partial charge in [-0.25, -0.2) is 8.42 Å². The van der Waals surface area contributed by atoms with Crippen LogP contribution in [0.2, 0.25) is 0 Å². The SMILES string of the molecule is Cc1ccc(S(C)=O)c(NS(=O)(=O)c2ccc(C(C)C)cc2)c1. The Kier molecular flexibility index (Phi) is 5.26. The molecule has 1 atom stereocenters. The smallest absolute Gasteiger partial charge is 0.261 e. The van der Waals surface area contributed by atoms with Crippen LogP contribution in [0.4, 0.5) is 5.69 Å². The van der Waals surface area contributed by atoms with Gasteiger partial charge in [-0.3, -0.25) is 8.93 Å². The molecule has 23 heavy (non-hydrogen) atoms. The third kappa shape index (κ3) is 4.20. The van der Waals surface area contributed by atoms with E-state index in [1.807, 2.05) is 25.1 Å². The van der Waals surface area contributed by atoms with Gasteiger partial charge in [-0.05, 0) is 48.2 Å². The Morgan fingerprint density at radius 2 is 1.65 bits per heavy atom. The molecule has 0 aliphatic carbocycles. The maximum absolute atomic E-state index is 12.6. The summed E-state index contributed by atoms with van der Waals surface area (Å²) in [6, 6.07) is 12.0. The Labute approximate surface area is 140 Å². The molecule has 2 aromatic carbocycles. The molecule has 1 N–H and O–H groups in total. The molecular formula is C17H21NO3S2. The lowest BCUT2D eigenvalue weighted by molar-refractivity contribution is 0.601. The zero-order valence-corrected chi connectivity index (χ0v) is 15.3. The molecule has 0 saturated heterocycles. The molecule has 0 radical (unpaired) electrons. The van der Waals surface area contributed by atoms with Crippen molar-refractivity contribution in [2.45, 2.75) is 36.5 Å². The van der Waals surface area contributed by atoms with Crippen molar-refractivity contribution >= 4 is 26.5 Å². The average Bonchev–Trinajstić information content (AvgIpc) is 2.46. The van der Waals surface area contributed by atoms with Gasteiger partial charge < -0.3 is 0 Å². The van der Waals surface area contributed by atoms with Crippen molar-refractivity contribution in [3.8, 4) is 0 Å². The van der Waals surface area contributed by atoms with Gasteiger partial charge in [0.2, 0.25) is 0 Å².